The van der Waals surface area contributed by atoms with Crippen molar-refractivity contribution in [3.63, 3.8) is 0 Å². The van der Waals surface area contributed by atoms with Gasteiger partial charge < -0.3 is 4.74 Å². The molecule has 1 unspecified atom stereocenters. The van der Waals surface area contributed by atoms with Gasteiger partial charge in [-0.3, -0.25) is 4.84 Å². The van der Waals surface area contributed by atoms with E-state index in [1.807, 2.05) is 0 Å². The van der Waals surface area contributed by atoms with Crippen molar-refractivity contribution in [1.29, 1.82) is 0 Å². The second-order valence-electron chi connectivity index (χ2n) is 8.40. The maximum atomic E-state index is 14.1. The number of aliphatic imine (C=N–C) groups is 1. The average Bonchev–Trinajstić information content (AvgIpc) is 3.47. The van der Waals surface area contributed by atoms with Gasteiger partial charge in [0.1, 0.15) is 29.8 Å². The topological polar surface area (TPSA) is 34.1 Å². The lowest BCUT2D eigenvalue weighted by molar-refractivity contribution is -0.208. The summed E-state index contributed by atoms with van der Waals surface area (Å²) in [5.41, 5.74) is 2.03. The van der Waals surface area contributed by atoms with E-state index in [4.69, 9.17) is 9.57 Å². The van der Waals surface area contributed by atoms with Gasteiger partial charge in [-0.1, -0.05) is 37.3 Å². The number of hydrogen-bond acceptors (Lipinski definition) is 4. The van der Waals surface area contributed by atoms with E-state index in [2.05, 4.69) is 41.2 Å². The van der Waals surface area contributed by atoms with Crippen molar-refractivity contribution in [2.45, 2.75) is 56.7 Å². The molecule has 0 saturated carbocycles. The van der Waals surface area contributed by atoms with Crippen molar-refractivity contribution in [3.05, 3.63) is 70.8 Å². The van der Waals surface area contributed by atoms with E-state index >= 15 is 0 Å². The smallest absolute Gasteiger partial charge is 0.222 e. The van der Waals surface area contributed by atoms with E-state index in [1.165, 1.54) is 36.6 Å². The Balaban J connectivity index is 1.38. The molecule has 2 fully saturated rings. The van der Waals surface area contributed by atoms with Gasteiger partial charge in [0.15, 0.2) is 0 Å². The minimum Gasteiger partial charge on any atom is -0.475 e. The van der Waals surface area contributed by atoms with Gasteiger partial charge in [-0.2, -0.15) is 5.06 Å². The minimum absolute atomic E-state index is 0.0325. The van der Waals surface area contributed by atoms with Crippen molar-refractivity contribution < 1.29 is 18.4 Å². The number of fused-ring (bicyclic) bond motifs is 2. The van der Waals surface area contributed by atoms with E-state index in [1.54, 1.807) is 0 Å². The van der Waals surface area contributed by atoms with Gasteiger partial charge in [0.25, 0.3) is 0 Å². The molecule has 3 aliphatic heterocycles. The Morgan fingerprint density at radius 2 is 1.80 bits per heavy atom. The first-order chi connectivity index (χ1) is 14.6. The second-order valence-corrected chi connectivity index (χ2v) is 8.40. The Morgan fingerprint density at radius 3 is 2.47 bits per heavy atom. The number of halogens is 2. The van der Waals surface area contributed by atoms with Gasteiger partial charge in [-0.15, -0.1) is 0 Å². The monoisotopic (exact) mass is 412 g/mol. The van der Waals surface area contributed by atoms with Gasteiger partial charge >= 0.3 is 0 Å². The fourth-order valence-corrected chi connectivity index (χ4v) is 5.12. The highest BCUT2D eigenvalue weighted by Gasteiger charge is 2.53. The molecular weight excluding hydrogens is 386 g/mol. The van der Waals surface area contributed by atoms with Gasteiger partial charge in [-0.05, 0) is 55.4 Å². The molecule has 5 rings (SSSR count). The summed E-state index contributed by atoms with van der Waals surface area (Å²) in [5, 5.41) is 2.25. The molecular formula is C24H26F2N2O2. The first-order valence-electron chi connectivity index (χ1n) is 10.8. The summed E-state index contributed by atoms with van der Waals surface area (Å²) in [7, 11) is 0. The summed E-state index contributed by atoms with van der Waals surface area (Å²) in [6.45, 7) is 3.16. The maximum absolute atomic E-state index is 14.1. The number of nitrogens with zero attached hydrogens (tertiary/aromatic N) is 2. The van der Waals surface area contributed by atoms with Crippen LogP contribution in [0.5, 0.6) is 0 Å². The first-order valence-corrected chi connectivity index (χ1v) is 10.8. The van der Waals surface area contributed by atoms with Crippen LogP contribution in [0.4, 0.5) is 8.78 Å². The molecule has 0 aromatic heterocycles. The van der Waals surface area contributed by atoms with E-state index in [0.717, 1.165) is 31.4 Å². The highest BCUT2D eigenvalue weighted by atomic mass is 19.1. The Kier molecular flexibility index (Phi) is 5.07. The van der Waals surface area contributed by atoms with Gasteiger partial charge in [-0.25, -0.2) is 13.8 Å². The van der Waals surface area contributed by atoms with Crippen LogP contribution >= 0.6 is 0 Å². The number of hydrogen-bond donors (Lipinski definition) is 0. The molecule has 1 atom stereocenters. The summed E-state index contributed by atoms with van der Waals surface area (Å²) in [6.07, 6.45) is 5.57. The van der Waals surface area contributed by atoms with Gasteiger partial charge in [0, 0.05) is 6.04 Å². The summed E-state index contributed by atoms with van der Waals surface area (Å²) in [4.78, 5) is 10.6. The standard InChI is InChI=1S/C24H26F2N2O2/c1-2-14-30-28-18-10-12-24(28,13-11-18)17-8-6-16(7-9-17)21-15-29-23(27-21)22-19(25)4-3-5-20(22)26/h3-9,18,21H,2,10-15H2,1H3. The van der Waals surface area contributed by atoms with Crippen LogP contribution in [0, 0.1) is 11.6 Å². The van der Waals surface area contributed by atoms with Crippen molar-refractivity contribution in [3.8, 4) is 0 Å². The molecule has 3 heterocycles. The number of hydroxylamine groups is 2. The normalized spacial score (nSPS) is 28.0. The van der Waals surface area contributed by atoms with Crippen molar-refractivity contribution in [2.75, 3.05) is 13.2 Å². The number of benzene rings is 2. The molecule has 158 valence electrons. The molecule has 0 radical (unpaired) electrons. The fourth-order valence-electron chi connectivity index (χ4n) is 5.12. The lowest BCUT2D eigenvalue weighted by Gasteiger charge is -2.34. The van der Waals surface area contributed by atoms with Crippen molar-refractivity contribution >= 4 is 5.90 Å². The van der Waals surface area contributed by atoms with E-state index in [0.29, 0.717) is 6.04 Å². The molecule has 2 bridgehead atoms. The van der Waals surface area contributed by atoms with Crippen LogP contribution in [0.3, 0.4) is 0 Å². The molecule has 0 aliphatic carbocycles. The molecule has 2 saturated heterocycles. The Hall–Kier alpha value is -2.31. The van der Waals surface area contributed by atoms with E-state index in [-0.39, 0.29) is 29.6 Å². The van der Waals surface area contributed by atoms with Crippen molar-refractivity contribution in [1.82, 2.24) is 5.06 Å². The SMILES string of the molecule is CCCON1C2CCC1(c1ccc(C3COC(c4c(F)cccc4F)=N3)cc1)CC2. The molecule has 30 heavy (non-hydrogen) atoms. The second kappa shape index (κ2) is 7.75. The van der Waals surface area contributed by atoms with Crippen LogP contribution in [-0.2, 0) is 15.1 Å². The molecule has 0 amide bonds. The number of ether oxygens (including phenoxy) is 1. The highest BCUT2D eigenvalue weighted by Crippen LogP contribution is 2.53. The third-order valence-electron chi connectivity index (χ3n) is 6.63. The zero-order valence-electron chi connectivity index (χ0n) is 17.1. The quantitative estimate of drug-likeness (QED) is 0.648. The summed E-state index contributed by atoms with van der Waals surface area (Å²) in [6, 6.07) is 12.5. The first kappa shape index (κ1) is 19.6. The summed E-state index contributed by atoms with van der Waals surface area (Å²) in [5.74, 6) is -1.28. The molecule has 3 aliphatic rings. The van der Waals surface area contributed by atoms with Gasteiger partial charge in [0.2, 0.25) is 5.90 Å². The van der Waals surface area contributed by atoms with Crippen LogP contribution in [0.15, 0.2) is 47.5 Å². The highest BCUT2D eigenvalue weighted by molar-refractivity contribution is 5.95. The molecule has 6 heteroatoms. The third-order valence-corrected chi connectivity index (χ3v) is 6.63. The maximum Gasteiger partial charge on any atom is 0.222 e. The molecule has 2 aromatic carbocycles. The lowest BCUT2D eigenvalue weighted by Crippen LogP contribution is -2.38. The average molecular weight is 412 g/mol. The Morgan fingerprint density at radius 1 is 1.10 bits per heavy atom. The van der Waals surface area contributed by atoms with E-state index < -0.39 is 11.6 Å². The zero-order chi connectivity index (χ0) is 20.7. The lowest BCUT2D eigenvalue weighted by atomic mass is 9.81. The van der Waals surface area contributed by atoms with Crippen LogP contribution < -0.4 is 0 Å². The number of rotatable bonds is 6. The Labute approximate surface area is 175 Å². The molecule has 4 nitrogen and oxygen atoms in total. The summed E-state index contributed by atoms with van der Waals surface area (Å²) >= 11 is 0. The fraction of sp³-hybridized carbons (Fsp3) is 0.458. The third kappa shape index (κ3) is 3.13. The van der Waals surface area contributed by atoms with Crippen molar-refractivity contribution in [2.24, 2.45) is 4.99 Å². The van der Waals surface area contributed by atoms with Crippen LogP contribution in [0.2, 0.25) is 0 Å². The van der Waals surface area contributed by atoms with E-state index in [9.17, 15) is 8.78 Å². The molecule has 0 spiro atoms. The van der Waals surface area contributed by atoms with Gasteiger partial charge in [0.05, 0.1) is 12.1 Å². The zero-order valence-corrected chi connectivity index (χ0v) is 17.1. The summed E-state index contributed by atoms with van der Waals surface area (Å²) < 4.78 is 33.6. The van der Waals surface area contributed by atoms with Crippen LogP contribution in [0.1, 0.15) is 61.8 Å². The largest absolute Gasteiger partial charge is 0.475 e. The Bertz CT molecular complexity index is 932. The van der Waals surface area contributed by atoms with Crippen LogP contribution in [-0.4, -0.2) is 30.2 Å². The molecule has 2 aromatic rings. The van der Waals surface area contributed by atoms with Crippen LogP contribution in [0.25, 0.3) is 0 Å². The predicted molar refractivity (Wildman–Crippen MR) is 110 cm³/mol. The molecule has 0 N–H and O–H groups in total. The minimum atomic E-state index is -0.659. The predicted octanol–water partition coefficient (Wildman–Crippen LogP) is 5.28.